The van der Waals surface area contributed by atoms with Gasteiger partial charge >= 0.3 is 0 Å². The molecule has 0 amide bonds. The lowest BCUT2D eigenvalue weighted by Gasteiger charge is -2.06. The molecule has 4 heteroatoms. The van der Waals surface area contributed by atoms with Crippen LogP contribution in [0.3, 0.4) is 0 Å². The van der Waals surface area contributed by atoms with Crippen LogP contribution in [0.4, 0.5) is 0 Å². The summed E-state index contributed by atoms with van der Waals surface area (Å²) in [5.41, 5.74) is 5.29. The monoisotopic (exact) mass is 283 g/mol. The van der Waals surface area contributed by atoms with Crippen molar-refractivity contribution in [3.63, 3.8) is 0 Å². The molecule has 102 valence electrons. The van der Waals surface area contributed by atoms with Crippen LogP contribution in [0.25, 0.3) is 11.6 Å². The van der Waals surface area contributed by atoms with E-state index in [1.54, 1.807) is 0 Å². The summed E-state index contributed by atoms with van der Waals surface area (Å²) in [4.78, 5) is 4.41. The number of hydrogen-bond acceptors (Lipinski definition) is 3. The van der Waals surface area contributed by atoms with Crippen LogP contribution in [0.15, 0.2) is 11.4 Å². The molecular weight excluding hydrogens is 266 g/mol. The van der Waals surface area contributed by atoms with Crippen LogP contribution >= 0.6 is 11.3 Å². The Hall–Kier alpha value is -1.86. The summed E-state index contributed by atoms with van der Waals surface area (Å²) >= 11 is 1.53. The lowest BCUT2D eigenvalue weighted by molar-refractivity contribution is 0.699. The Morgan fingerprint density at radius 1 is 1.45 bits per heavy atom. The highest BCUT2D eigenvalue weighted by molar-refractivity contribution is 7.11. The van der Waals surface area contributed by atoms with Crippen LogP contribution in [0.5, 0.6) is 0 Å². The van der Waals surface area contributed by atoms with Gasteiger partial charge in [-0.3, -0.25) is 0 Å². The van der Waals surface area contributed by atoms with Gasteiger partial charge in [0, 0.05) is 28.5 Å². The van der Waals surface area contributed by atoms with E-state index in [0.717, 1.165) is 16.3 Å². The van der Waals surface area contributed by atoms with Crippen LogP contribution in [0, 0.1) is 32.1 Å². The van der Waals surface area contributed by atoms with Gasteiger partial charge in [-0.25, -0.2) is 4.98 Å². The first kappa shape index (κ1) is 13.1. The molecule has 1 aliphatic rings. The summed E-state index contributed by atoms with van der Waals surface area (Å²) in [6, 6.07) is 5.12. The second kappa shape index (κ2) is 4.92. The van der Waals surface area contributed by atoms with E-state index < -0.39 is 0 Å². The van der Waals surface area contributed by atoms with Gasteiger partial charge in [0.15, 0.2) is 0 Å². The number of nitrogens with zero attached hydrogens (tertiary/aromatic N) is 3. The summed E-state index contributed by atoms with van der Waals surface area (Å²) in [6.07, 6.45) is 4.52. The Kier molecular flexibility index (Phi) is 3.23. The Balaban J connectivity index is 2.02. The van der Waals surface area contributed by atoms with Crippen molar-refractivity contribution in [2.75, 3.05) is 0 Å². The Morgan fingerprint density at radius 3 is 2.75 bits per heavy atom. The predicted molar refractivity (Wildman–Crippen MR) is 82.5 cm³/mol. The molecule has 0 radical (unpaired) electrons. The van der Waals surface area contributed by atoms with Crippen LogP contribution < -0.4 is 0 Å². The number of rotatable bonds is 3. The molecule has 3 nitrogen and oxygen atoms in total. The van der Waals surface area contributed by atoms with Crippen LogP contribution in [-0.2, 0) is 0 Å². The minimum Gasteiger partial charge on any atom is -0.346 e. The van der Waals surface area contributed by atoms with E-state index in [0.29, 0.717) is 11.6 Å². The molecule has 2 heterocycles. The van der Waals surface area contributed by atoms with Gasteiger partial charge in [-0.1, -0.05) is 0 Å². The molecule has 3 rings (SSSR count). The smallest absolute Gasteiger partial charge is 0.134 e. The van der Waals surface area contributed by atoms with Crippen molar-refractivity contribution < 1.29 is 0 Å². The normalized spacial score (nSPS) is 15.4. The first-order valence-electron chi connectivity index (χ1n) is 6.83. The van der Waals surface area contributed by atoms with Crippen molar-refractivity contribution in [3.8, 4) is 6.07 Å². The second-order valence-electron chi connectivity index (χ2n) is 5.39. The summed E-state index contributed by atoms with van der Waals surface area (Å²) in [7, 11) is 0. The van der Waals surface area contributed by atoms with Crippen LogP contribution in [0.1, 0.15) is 46.5 Å². The molecule has 0 atom stereocenters. The maximum atomic E-state index is 9.38. The average molecular weight is 283 g/mol. The molecule has 0 bridgehead atoms. The number of nitriles is 1. The number of allylic oxidation sites excluding steroid dienone is 1. The van der Waals surface area contributed by atoms with E-state index in [4.69, 9.17) is 0 Å². The van der Waals surface area contributed by atoms with Gasteiger partial charge in [0.2, 0.25) is 0 Å². The van der Waals surface area contributed by atoms with Crippen molar-refractivity contribution in [2.24, 2.45) is 0 Å². The highest BCUT2D eigenvalue weighted by atomic mass is 32.1. The molecule has 1 fully saturated rings. The fourth-order valence-electron chi connectivity index (χ4n) is 2.62. The fourth-order valence-corrected chi connectivity index (χ4v) is 3.38. The standard InChI is InChI=1S/C16H17N3S/c1-10-9-20-16(18-10)14(8-17)7-13-6-11(2)19(12(13)3)15-4-5-15/h6-7,9,15H,4-5H2,1-3H3/b14-7+. The molecule has 0 saturated heterocycles. The van der Waals surface area contributed by atoms with Crippen molar-refractivity contribution in [2.45, 2.75) is 39.7 Å². The van der Waals surface area contributed by atoms with Gasteiger partial charge in [-0.2, -0.15) is 5.26 Å². The Bertz CT molecular complexity index is 723. The van der Waals surface area contributed by atoms with Gasteiger partial charge < -0.3 is 4.57 Å². The fraction of sp³-hybridized carbons (Fsp3) is 0.375. The van der Waals surface area contributed by atoms with Gasteiger partial charge in [0.25, 0.3) is 0 Å². The maximum absolute atomic E-state index is 9.38. The third-order valence-electron chi connectivity index (χ3n) is 3.71. The summed E-state index contributed by atoms with van der Waals surface area (Å²) in [6.45, 7) is 6.23. The van der Waals surface area contributed by atoms with Crippen molar-refractivity contribution in [1.82, 2.24) is 9.55 Å². The molecule has 2 aromatic rings. The number of thiazole rings is 1. The van der Waals surface area contributed by atoms with E-state index in [2.05, 4.69) is 35.5 Å². The largest absolute Gasteiger partial charge is 0.346 e. The van der Waals surface area contributed by atoms with Crippen molar-refractivity contribution >= 4 is 23.0 Å². The number of aromatic nitrogens is 2. The van der Waals surface area contributed by atoms with Gasteiger partial charge in [-0.15, -0.1) is 11.3 Å². The zero-order valence-electron chi connectivity index (χ0n) is 12.0. The average Bonchev–Trinajstić information content (AvgIpc) is 3.09. The first-order valence-corrected chi connectivity index (χ1v) is 7.71. The molecule has 0 aliphatic heterocycles. The molecular formula is C16H17N3S. The second-order valence-corrected chi connectivity index (χ2v) is 6.25. The first-order chi connectivity index (χ1) is 9.60. The van der Waals surface area contributed by atoms with E-state index in [1.165, 1.54) is 35.6 Å². The number of aryl methyl sites for hydroxylation is 2. The molecule has 0 spiro atoms. The topological polar surface area (TPSA) is 41.6 Å². The summed E-state index contributed by atoms with van der Waals surface area (Å²) < 4.78 is 2.40. The van der Waals surface area contributed by atoms with Crippen molar-refractivity contribution in [3.05, 3.63) is 39.1 Å². The maximum Gasteiger partial charge on any atom is 0.134 e. The molecule has 1 saturated carbocycles. The quantitative estimate of drug-likeness (QED) is 0.789. The van der Waals surface area contributed by atoms with Gasteiger partial charge in [0.05, 0.1) is 5.57 Å². The molecule has 20 heavy (non-hydrogen) atoms. The SMILES string of the molecule is Cc1csc(/C(C#N)=C/c2cc(C)n(C3CC3)c2C)n1. The molecule has 0 N–H and O–H groups in total. The third-order valence-corrected chi connectivity index (χ3v) is 4.70. The molecule has 0 unspecified atom stereocenters. The minimum atomic E-state index is 0.652. The van der Waals surface area contributed by atoms with E-state index >= 15 is 0 Å². The zero-order valence-corrected chi connectivity index (χ0v) is 12.8. The number of hydrogen-bond donors (Lipinski definition) is 0. The van der Waals surface area contributed by atoms with Gasteiger partial charge in [0.1, 0.15) is 11.1 Å². The Morgan fingerprint density at radius 2 is 2.20 bits per heavy atom. The van der Waals surface area contributed by atoms with Gasteiger partial charge in [-0.05, 0) is 51.3 Å². The predicted octanol–water partition coefficient (Wildman–Crippen LogP) is 4.27. The summed E-state index contributed by atoms with van der Waals surface area (Å²) in [5.74, 6) is 0. The molecule has 0 aromatic carbocycles. The Labute approximate surface area is 123 Å². The lowest BCUT2D eigenvalue weighted by atomic mass is 10.1. The van der Waals surface area contributed by atoms with E-state index in [9.17, 15) is 5.26 Å². The minimum absolute atomic E-state index is 0.652. The zero-order chi connectivity index (χ0) is 14.3. The van der Waals surface area contributed by atoms with E-state index in [-0.39, 0.29) is 0 Å². The van der Waals surface area contributed by atoms with Crippen LogP contribution in [0.2, 0.25) is 0 Å². The summed E-state index contributed by atoms with van der Waals surface area (Å²) in [5, 5.41) is 12.2. The van der Waals surface area contributed by atoms with Crippen molar-refractivity contribution in [1.29, 1.82) is 5.26 Å². The lowest BCUT2D eigenvalue weighted by Crippen LogP contribution is -1.98. The highest BCUT2D eigenvalue weighted by Crippen LogP contribution is 2.39. The van der Waals surface area contributed by atoms with E-state index in [1.807, 2.05) is 18.4 Å². The highest BCUT2D eigenvalue weighted by Gasteiger charge is 2.26. The molecule has 1 aliphatic carbocycles. The molecule has 2 aromatic heterocycles. The third kappa shape index (κ3) is 2.30. The van der Waals surface area contributed by atoms with Crippen LogP contribution in [-0.4, -0.2) is 9.55 Å².